The van der Waals surface area contributed by atoms with Crippen LogP contribution in [0.5, 0.6) is 5.88 Å². The number of aliphatic hydroxyl groups is 1. The molecular formula is C22H26BrFN4O4. The number of fused-ring (bicyclic) bond motifs is 1. The van der Waals surface area contributed by atoms with Gasteiger partial charge in [0.2, 0.25) is 5.88 Å². The fourth-order valence-electron chi connectivity index (χ4n) is 3.40. The summed E-state index contributed by atoms with van der Waals surface area (Å²) in [5.74, 6) is -0.644. The lowest BCUT2D eigenvalue weighted by Gasteiger charge is -2.37. The number of amides is 3. The Morgan fingerprint density at radius 1 is 1.44 bits per heavy atom. The lowest BCUT2D eigenvalue weighted by Crippen LogP contribution is -2.50. The topological polar surface area (TPSA) is 95.0 Å². The number of carbonyl (C=O) groups is 2. The van der Waals surface area contributed by atoms with Gasteiger partial charge < -0.3 is 25.0 Å². The molecule has 3 amide bonds. The quantitative estimate of drug-likeness (QED) is 0.645. The largest absolute Gasteiger partial charge is 0.472 e. The number of likely N-dealkylation sites (N-methyl/N-ethyl adjacent to an activating group) is 1. The van der Waals surface area contributed by atoms with E-state index in [9.17, 15) is 19.1 Å². The highest BCUT2D eigenvalue weighted by molar-refractivity contribution is 9.10. The van der Waals surface area contributed by atoms with Crippen molar-refractivity contribution in [2.45, 2.75) is 26.0 Å². The molecule has 3 atom stereocenters. The number of aliphatic hydroxyl groups excluding tert-OH is 1. The van der Waals surface area contributed by atoms with Crippen molar-refractivity contribution >= 4 is 33.6 Å². The molecule has 2 N–H and O–H groups in total. The Labute approximate surface area is 194 Å². The Bertz CT molecular complexity index is 975. The predicted molar refractivity (Wildman–Crippen MR) is 121 cm³/mol. The number of nitrogens with one attached hydrogen (secondary N) is 1. The summed E-state index contributed by atoms with van der Waals surface area (Å²) in [6.07, 6.45) is 1.08. The van der Waals surface area contributed by atoms with E-state index in [0.29, 0.717) is 16.7 Å². The van der Waals surface area contributed by atoms with Gasteiger partial charge in [0.1, 0.15) is 17.5 Å². The van der Waals surface area contributed by atoms with E-state index in [1.807, 2.05) is 6.92 Å². The fraction of sp³-hybridized carbons (Fsp3) is 0.409. The predicted octanol–water partition coefficient (Wildman–Crippen LogP) is 3.37. The molecule has 0 bridgehead atoms. The van der Waals surface area contributed by atoms with Crippen LogP contribution in [-0.4, -0.2) is 70.7 Å². The molecule has 0 aliphatic carbocycles. The number of hydrogen-bond acceptors (Lipinski definition) is 5. The first-order valence-corrected chi connectivity index (χ1v) is 11.0. The van der Waals surface area contributed by atoms with Crippen molar-refractivity contribution in [3.63, 3.8) is 0 Å². The maximum atomic E-state index is 13.1. The number of halogens is 2. The molecule has 172 valence electrons. The van der Waals surface area contributed by atoms with Gasteiger partial charge in [-0.05, 0) is 53.2 Å². The number of ether oxygens (including phenoxy) is 1. The molecule has 1 aliphatic rings. The molecule has 0 fully saturated rings. The third-order valence-corrected chi connectivity index (χ3v) is 5.82. The number of aromatic nitrogens is 1. The number of nitrogens with zero attached hydrogens (tertiary/aromatic N) is 3. The fourth-order valence-corrected chi connectivity index (χ4v) is 3.73. The molecular weight excluding hydrogens is 483 g/mol. The highest BCUT2D eigenvalue weighted by Crippen LogP contribution is 2.28. The molecule has 32 heavy (non-hydrogen) atoms. The average Bonchev–Trinajstić information content (AvgIpc) is 2.77. The Morgan fingerprint density at radius 2 is 2.12 bits per heavy atom. The average molecular weight is 509 g/mol. The van der Waals surface area contributed by atoms with Gasteiger partial charge in [0.15, 0.2) is 0 Å². The summed E-state index contributed by atoms with van der Waals surface area (Å²) in [7, 11) is 1.63. The standard InChI is InChI=1S/C22H26BrFN4O4/c1-13-10-28(14(2)12-29)21(30)18-8-15(23)9-25-20(18)32-19(13)11-27(3)22(31)26-17-6-4-16(24)5-7-17/h4-9,13-14,19,29H,10-12H2,1-3H3,(H,26,31)/t13-,14-,19-/m1/s1. The van der Waals surface area contributed by atoms with E-state index in [2.05, 4.69) is 26.2 Å². The number of benzene rings is 1. The Morgan fingerprint density at radius 3 is 2.78 bits per heavy atom. The summed E-state index contributed by atoms with van der Waals surface area (Å²) in [5.41, 5.74) is 0.760. The summed E-state index contributed by atoms with van der Waals surface area (Å²) < 4.78 is 19.8. The molecule has 0 saturated heterocycles. The van der Waals surface area contributed by atoms with Crippen LogP contribution in [0.3, 0.4) is 0 Å². The van der Waals surface area contributed by atoms with Gasteiger partial charge in [-0.2, -0.15) is 0 Å². The lowest BCUT2D eigenvalue weighted by molar-refractivity contribution is 0.0356. The molecule has 1 aromatic carbocycles. The Balaban J connectivity index is 1.81. The van der Waals surface area contributed by atoms with E-state index in [4.69, 9.17) is 4.74 Å². The van der Waals surface area contributed by atoms with E-state index >= 15 is 0 Å². The van der Waals surface area contributed by atoms with Crippen LogP contribution in [-0.2, 0) is 0 Å². The molecule has 0 saturated carbocycles. The first-order valence-electron chi connectivity index (χ1n) is 10.2. The van der Waals surface area contributed by atoms with Crippen molar-refractivity contribution in [1.29, 1.82) is 0 Å². The zero-order valence-corrected chi connectivity index (χ0v) is 19.7. The van der Waals surface area contributed by atoms with Crippen LogP contribution in [0.15, 0.2) is 41.0 Å². The van der Waals surface area contributed by atoms with E-state index in [0.717, 1.165) is 0 Å². The van der Waals surface area contributed by atoms with Crippen molar-refractivity contribution < 1.29 is 23.8 Å². The number of rotatable bonds is 5. The van der Waals surface area contributed by atoms with Crippen LogP contribution in [0.2, 0.25) is 0 Å². The zero-order chi connectivity index (χ0) is 23.4. The molecule has 1 aromatic heterocycles. The van der Waals surface area contributed by atoms with E-state index < -0.39 is 12.1 Å². The van der Waals surface area contributed by atoms with Gasteiger partial charge in [0, 0.05) is 35.9 Å². The Hall–Kier alpha value is -2.72. The smallest absolute Gasteiger partial charge is 0.321 e. The number of hydrogen-bond donors (Lipinski definition) is 2. The van der Waals surface area contributed by atoms with Gasteiger partial charge in [-0.1, -0.05) is 6.92 Å². The van der Waals surface area contributed by atoms with Crippen molar-refractivity contribution in [3.05, 3.63) is 52.4 Å². The van der Waals surface area contributed by atoms with Gasteiger partial charge >= 0.3 is 6.03 Å². The molecule has 10 heteroatoms. The minimum atomic E-state index is -0.465. The van der Waals surface area contributed by atoms with E-state index in [1.165, 1.54) is 29.2 Å². The van der Waals surface area contributed by atoms with Crippen LogP contribution in [0.4, 0.5) is 14.9 Å². The van der Waals surface area contributed by atoms with Crippen LogP contribution in [0.1, 0.15) is 24.2 Å². The normalized spacial score (nSPS) is 19.3. The number of pyridine rings is 1. The molecule has 3 rings (SSSR count). The number of carbonyl (C=O) groups excluding carboxylic acids is 2. The first-order chi connectivity index (χ1) is 15.2. The molecule has 8 nitrogen and oxygen atoms in total. The summed E-state index contributed by atoms with van der Waals surface area (Å²) in [6.45, 7) is 4.08. The summed E-state index contributed by atoms with van der Waals surface area (Å²) in [5, 5.41) is 12.4. The van der Waals surface area contributed by atoms with Gasteiger partial charge in [0.25, 0.3) is 5.91 Å². The summed E-state index contributed by atoms with van der Waals surface area (Å²) in [6, 6.07) is 6.36. The monoisotopic (exact) mass is 508 g/mol. The molecule has 2 heterocycles. The van der Waals surface area contributed by atoms with Crippen LogP contribution in [0.25, 0.3) is 0 Å². The second-order valence-corrected chi connectivity index (χ2v) is 8.86. The zero-order valence-electron chi connectivity index (χ0n) is 18.1. The van der Waals surface area contributed by atoms with Crippen molar-refractivity contribution in [3.8, 4) is 5.88 Å². The molecule has 0 unspecified atom stereocenters. The highest BCUT2D eigenvalue weighted by atomic mass is 79.9. The molecule has 0 spiro atoms. The van der Waals surface area contributed by atoms with Crippen LogP contribution in [0, 0.1) is 11.7 Å². The van der Waals surface area contributed by atoms with Gasteiger partial charge in [-0.15, -0.1) is 0 Å². The second-order valence-electron chi connectivity index (χ2n) is 7.95. The third kappa shape index (κ3) is 5.55. The van der Waals surface area contributed by atoms with E-state index in [1.54, 1.807) is 31.1 Å². The third-order valence-electron chi connectivity index (χ3n) is 5.38. The van der Waals surface area contributed by atoms with Crippen LogP contribution < -0.4 is 10.1 Å². The number of anilines is 1. The van der Waals surface area contributed by atoms with Gasteiger partial charge in [-0.3, -0.25) is 4.79 Å². The second kappa shape index (κ2) is 10.3. The molecule has 2 aromatic rings. The lowest BCUT2D eigenvalue weighted by atomic mass is 10.0. The van der Waals surface area contributed by atoms with Gasteiger partial charge in [-0.25, -0.2) is 14.2 Å². The SMILES string of the molecule is C[C@@H]1CN([C@H](C)CO)C(=O)c2cc(Br)cnc2O[C@@H]1CN(C)C(=O)Nc1ccc(F)cc1. The summed E-state index contributed by atoms with van der Waals surface area (Å²) in [4.78, 5) is 33.1. The highest BCUT2D eigenvalue weighted by Gasteiger charge is 2.34. The summed E-state index contributed by atoms with van der Waals surface area (Å²) >= 11 is 3.34. The van der Waals surface area contributed by atoms with Gasteiger partial charge in [0.05, 0.1) is 19.2 Å². The Kier molecular flexibility index (Phi) is 7.68. The molecule has 1 aliphatic heterocycles. The maximum Gasteiger partial charge on any atom is 0.321 e. The first kappa shape index (κ1) is 23.9. The van der Waals surface area contributed by atoms with Crippen molar-refractivity contribution in [1.82, 2.24) is 14.8 Å². The van der Waals surface area contributed by atoms with Crippen molar-refractivity contribution in [2.24, 2.45) is 5.92 Å². The van der Waals surface area contributed by atoms with Crippen molar-refractivity contribution in [2.75, 3.05) is 32.1 Å². The minimum Gasteiger partial charge on any atom is -0.472 e. The maximum absolute atomic E-state index is 13.1. The molecule has 0 radical (unpaired) electrons. The van der Waals surface area contributed by atoms with Crippen LogP contribution >= 0.6 is 15.9 Å². The minimum absolute atomic E-state index is 0.160. The number of urea groups is 1. The van der Waals surface area contributed by atoms with E-state index in [-0.39, 0.29) is 48.3 Å².